The monoisotopic (exact) mass is 740 g/mol. The van der Waals surface area contributed by atoms with Crippen LogP contribution in [0.1, 0.15) is 5.56 Å². The Morgan fingerprint density at radius 2 is 0.931 bits per heavy atom. The van der Waals surface area contributed by atoms with E-state index >= 15 is 0 Å². The van der Waals surface area contributed by atoms with Gasteiger partial charge >= 0.3 is 0 Å². The summed E-state index contributed by atoms with van der Waals surface area (Å²) in [6, 6.07) is 69.1. The SMILES string of the molecule is N#Cc1cccc(-n2c3cccc(-c4nc(-c5ccccc5)nc(-c5ccccc5)n4)c3c3ccc4c(c5ccccc5n4-c4cccc(-c5ccccc5)c4)c32)c1. The van der Waals surface area contributed by atoms with Crippen molar-refractivity contribution in [2.24, 2.45) is 0 Å². The molecule has 6 nitrogen and oxygen atoms in total. The minimum absolute atomic E-state index is 0.586. The quantitative estimate of drug-likeness (QED) is 0.170. The van der Waals surface area contributed by atoms with Crippen LogP contribution in [0, 0.1) is 11.3 Å². The number of hydrogen-bond donors (Lipinski definition) is 0. The molecule has 0 bridgehead atoms. The second kappa shape index (κ2) is 13.6. The van der Waals surface area contributed by atoms with Crippen molar-refractivity contribution in [2.75, 3.05) is 0 Å². The number of nitriles is 1. The Balaban J connectivity index is 1.25. The van der Waals surface area contributed by atoms with Gasteiger partial charge in [0.25, 0.3) is 0 Å². The highest BCUT2D eigenvalue weighted by Gasteiger charge is 2.24. The molecule has 0 amide bonds. The fraction of sp³-hybridized carbons (Fsp3) is 0. The van der Waals surface area contributed by atoms with E-state index in [4.69, 9.17) is 15.0 Å². The molecule has 0 unspecified atom stereocenters. The molecule has 11 aromatic rings. The zero-order valence-corrected chi connectivity index (χ0v) is 31.2. The molecule has 0 aliphatic heterocycles. The van der Waals surface area contributed by atoms with Gasteiger partial charge in [-0.15, -0.1) is 0 Å². The lowest BCUT2D eigenvalue weighted by molar-refractivity contribution is 1.08. The van der Waals surface area contributed by atoms with Gasteiger partial charge < -0.3 is 9.13 Å². The minimum Gasteiger partial charge on any atom is -0.309 e. The van der Waals surface area contributed by atoms with Crippen molar-refractivity contribution in [3.63, 3.8) is 0 Å². The van der Waals surface area contributed by atoms with E-state index in [0.29, 0.717) is 23.0 Å². The molecular formula is C52H32N6. The summed E-state index contributed by atoms with van der Waals surface area (Å²) in [6.07, 6.45) is 0. The summed E-state index contributed by atoms with van der Waals surface area (Å²) in [5, 5.41) is 14.4. The largest absolute Gasteiger partial charge is 0.309 e. The molecule has 3 heterocycles. The van der Waals surface area contributed by atoms with Crippen molar-refractivity contribution in [1.29, 1.82) is 5.26 Å². The van der Waals surface area contributed by atoms with E-state index in [0.717, 1.165) is 77.2 Å². The predicted octanol–water partition coefficient (Wildman–Crippen LogP) is 12.6. The minimum atomic E-state index is 0.586. The van der Waals surface area contributed by atoms with Gasteiger partial charge in [-0.1, -0.05) is 146 Å². The summed E-state index contributed by atoms with van der Waals surface area (Å²) in [7, 11) is 0. The maximum atomic E-state index is 10.1. The van der Waals surface area contributed by atoms with Crippen LogP contribution in [0.15, 0.2) is 194 Å². The molecule has 270 valence electrons. The Kier molecular flexibility index (Phi) is 7.76. The topological polar surface area (TPSA) is 72.3 Å². The first-order valence-corrected chi connectivity index (χ1v) is 19.3. The molecule has 0 N–H and O–H groups in total. The van der Waals surface area contributed by atoms with E-state index in [1.54, 1.807) is 0 Å². The van der Waals surface area contributed by atoms with E-state index < -0.39 is 0 Å². The Morgan fingerprint density at radius 1 is 0.379 bits per heavy atom. The van der Waals surface area contributed by atoms with Gasteiger partial charge in [0.15, 0.2) is 17.5 Å². The fourth-order valence-corrected chi connectivity index (χ4v) is 8.44. The summed E-state index contributed by atoms with van der Waals surface area (Å²) in [5.41, 5.74) is 11.8. The van der Waals surface area contributed by atoms with Crippen molar-refractivity contribution >= 4 is 43.6 Å². The van der Waals surface area contributed by atoms with Crippen molar-refractivity contribution in [3.8, 4) is 62.7 Å². The second-order valence-electron chi connectivity index (χ2n) is 14.4. The highest BCUT2D eigenvalue weighted by molar-refractivity contribution is 6.28. The molecule has 0 aliphatic rings. The summed E-state index contributed by atoms with van der Waals surface area (Å²) >= 11 is 0. The number of para-hydroxylation sites is 1. The van der Waals surface area contributed by atoms with Gasteiger partial charge in [0.05, 0.1) is 33.7 Å². The molecule has 58 heavy (non-hydrogen) atoms. The van der Waals surface area contributed by atoms with Gasteiger partial charge in [0, 0.05) is 49.6 Å². The molecule has 0 spiro atoms. The van der Waals surface area contributed by atoms with Crippen LogP contribution in [-0.2, 0) is 0 Å². The Morgan fingerprint density at radius 3 is 1.64 bits per heavy atom. The van der Waals surface area contributed by atoms with Crippen LogP contribution in [0.25, 0.3) is 100 Å². The Bertz CT molecular complexity index is 3340. The molecule has 11 rings (SSSR count). The van der Waals surface area contributed by atoms with Crippen LogP contribution in [0.2, 0.25) is 0 Å². The number of fused-ring (bicyclic) bond motifs is 7. The van der Waals surface area contributed by atoms with Crippen molar-refractivity contribution < 1.29 is 0 Å². The third kappa shape index (κ3) is 5.37. The number of benzene rings is 8. The second-order valence-corrected chi connectivity index (χ2v) is 14.4. The van der Waals surface area contributed by atoms with Crippen LogP contribution >= 0.6 is 0 Å². The average Bonchev–Trinajstić information content (AvgIpc) is 3.83. The third-order valence-corrected chi connectivity index (χ3v) is 11.0. The summed E-state index contributed by atoms with van der Waals surface area (Å²) in [5.74, 6) is 1.80. The lowest BCUT2D eigenvalue weighted by Gasteiger charge is -2.11. The molecule has 0 aliphatic carbocycles. The number of nitrogens with zero attached hydrogens (tertiary/aromatic N) is 6. The van der Waals surface area contributed by atoms with Gasteiger partial charge in [-0.3, -0.25) is 0 Å². The standard InChI is InChI=1S/C52H32N6/c53-33-34-15-12-23-39(31-34)58-45-28-14-26-43(52-55-50(36-18-6-2-7-19-36)54-51(56-52)37-20-8-3-9-21-37)47(45)42-29-30-46-48(49(42)58)41-25-10-11-27-44(41)57(46)40-24-13-22-38(32-40)35-16-4-1-5-17-35/h1-32H. The normalized spacial score (nSPS) is 11.4. The molecule has 0 saturated carbocycles. The lowest BCUT2D eigenvalue weighted by atomic mass is 10.0. The van der Waals surface area contributed by atoms with Crippen molar-refractivity contribution in [2.45, 2.75) is 0 Å². The fourth-order valence-electron chi connectivity index (χ4n) is 8.44. The first kappa shape index (κ1) is 33.2. The van der Waals surface area contributed by atoms with E-state index in [2.05, 4.69) is 124 Å². The summed E-state index contributed by atoms with van der Waals surface area (Å²) < 4.78 is 4.68. The van der Waals surface area contributed by atoms with E-state index in [9.17, 15) is 5.26 Å². The number of hydrogen-bond acceptors (Lipinski definition) is 4. The maximum Gasteiger partial charge on any atom is 0.164 e. The molecule has 0 fully saturated rings. The maximum absolute atomic E-state index is 10.1. The van der Waals surface area contributed by atoms with Crippen LogP contribution in [0.4, 0.5) is 0 Å². The van der Waals surface area contributed by atoms with Crippen LogP contribution in [-0.4, -0.2) is 24.1 Å². The smallest absolute Gasteiger partial charge is 0.164 e. The zero-order valence-electron chi connectivity index (χ0n) is 31.2. The predicted molar refractivity (Wildman–Crippen MR) is 235 cm³/mol. The van der Waals surface area contributed by atoms with E-state index in [-0.39, 0.29) is 0 Å². The average molecular weight is 741 g/mol. The Labute approximate surface area is 334 Å². The van der Waals surface area contributed by atoms with Gasteiger partial charge in [0.2, 0.25) is 0 Å². The molecule has 0 atom stereocenters. The van der Waals surface area contributed by atoms with Crippen LogP contribution in [0.3, 0.4) is 0 Å². The number of rotatable bonds is 6. The highest BCUT2D eigenvalue weighted by Crippen LogP contribution is 2.45. The molecule has 8 aromatic carbocycles. The summed E-state index contributed by atoms with van der Waals surface area (Å²) in [6.45, 7) is 0. The van der Waals surface area contributed by atoms with Gasteiger partial charge in [-0.2, -0.15) is 5.26 Å². The van der Waals surface area contributed by atoms with Crippen molar-refractivity contribution in [1.82, 2.24) is 24.1 Å². The highest BCUT2D eigenvalue weighted by atomic mass is 15.0. The molecular weight excluding hydrogens is 709 g/mol. The van der Waals surface area contributed by atoms with E-state index in [1.807, 2.05) is 84.9 Å². The number of aromatic nitrogens is 5. The van der Waals surface area contributed by atoms with Gasteiger partial charge in [-0.25, -0.2) is 15.0 Å². The van der Waals surface area contributed by atoms with Gasteiger partial charge in [-0.05, 0) is 59.7 Å². The summed E-state index contributed by atoms with van der Waals surface area (Å²) in [4.78, 5) is 15.3. The molecule has 0 radical (unpaired) electrons. The van der Waals surface area contributed by atoms with Gasteiger partial charge in [0.1, 0.15) is 0 Å². The van der Waals surface area contributed by atoms with Crippen LogP contribution in [0.5, 0.6) is 0 Å². The molecule has 6 heteroatoms. The Hall–Kier alpha value is -8.14. The first-order chi connectivity index (χ1) is 28.7. The zero-order chi connectivity index (χ0) is 38.6. The molecule has 3 aromatic heterocycles. The van der Waals surface area contributed by atoms with Crippen LogP contribution < -0.4 is 0 Å². The third-order valence-electron chi connectivity index (χ3n) is 11.0. The lowest BCUT2D eigenvalue weighted by Crippen LogP contribution is -2.00. The van der Waals surface area contributed by atoms with E-state index in [1.165, 1.54) is 5.56 Å². The molecule has 0 saturated heterocycles. The first-order valence-electron chi connectivity index (χ1n) is 19.3. The van der Waals surface area contributed by atoms with Crippen molar-refractivity contribution in [3.05, 3.63) is 200 Å².